The number of nitrogens with zero attached hydrogens (tertiary/aromatic N) is 2. The van der Waals surface area contributed by atoms with Crippen LogP contribution < -0.4 is 0 Å². The summed E-state index contributed by atoms with van der Waals surface area (Å²) in [6.07, 6.45) is 3.95. The molecule has 29 heavy (non-hydrogen) atoms. The van der Waals surface area contributed by atoms with Gasteiger partial charge in [-0.2, -0.15) is 0 Å². The van der Waals surface area contributed by atoms with Gasteiger partial charge in [0.1, 0.15) is 10.4 Å². The van der Waals surface area contributed by atoms with E-state index in [2.05, 4.69) is 0 Å². The number of aryl methyl sites for hydroxylation is 1. The molecule has 3 aromatic rings. The molecule has 0 saturated carbocycles. The Hall–Kier alpha value is -2.90. The molecule has 0 spiro atoms. The highest BCUT2D eigenvalue weighted by molar-refractivity contribution is 8.26. The van der Waals surface area contributed by atoms with E-state index >= 15 is 0 Å². The van der Waals surface area contributed by atoms with E-state index in [1.807, 2.05) is 72.4 Å². The van der Waals surface area contributed by atoms with Gasteiger partial charge in [0.05, 0.1) is 4.91 Å². The summed E-state index contributed by atoms with van der Waals surface area (Å²) >= 11 is 6.53. The van der Waals surface area contributed by atoms with E-state index < -0.39 is 12.0 Å². The number of rotatable bonds is 5. The molecule has 1 saturated heterocycles. The summed E-state index contributed by atoms with van der Waals surface area (Å²) in [4.78, 5) is 26.7. The Labute approximate surface area is 177 Å². The number of thiocarbonyl (C=S) groups is 1. The van der Waals surface area contributed by atoms with Gasteiger partial charge in [-0.15, -0.1) is 0 Å². The molecule has 0 radical (unpaired) electrons. The number of fused-ring (bicyclic) bond motifs is 1. The molecular weight excluding hydrogens is 404 g/mol. The average Bonchev–Trinajstić information content (AvgIpc) is 3.17. The van der Waals surface area contributed by atoms with Crippen LogP contribution in [0.25, 0.3) is 17.0 Å². The number of thioether (sulfide) groups is 1. The highest BCUT2D eigenvalue weighted by atomic mass is 32.2. The lowest BCUT2D eigenvalue weighted by atomic mass is 10.0. The highest BCUT2D eigenvalue weighted by Crippen LogP contribution is 2.36. The third kappa shape index (κ3) is 3.71. The lowest BCUT2D eigenvalue weighted by Crippen LogP contribution is -2.45. The molecule has 1 aliphatic heterocycles. The summed E-state index contributed by atoms with van der Waals surface area (Å²) < 4.78 is 2.27. The summed E-state index contributed by atoms with van der Waals surface area (Å²) in [7, 11) is 1.95. The Morgan fingerprint density at radius 1 is 1.17 bits per heavy atom. The van der Waals surface area contributed by atoms with Gasteiger partial charge in [0.25, 0.3) is 5.91 Å². The van der Waals surface area contributed by atoms with Crippen LogP contribution in [0, 0.1) is 0 Å². The predicted octanol–water partition coefficient (Wildman–Crippen LogP) is 4.08. The van der Waals surface area contributed by atoms with Gasteiger partial charge in [0, 0.05) is 36.1 Å². The smallest absolute Gasteiger partial charge is 0.327 e. The number of para-hydroxylation sites is 1. The predicted molar refractivity (Wildman–Crippen MR) is 120 cm³/mol. The fourth-order valence-corrected chi connectivity index (χ4v) is 4.85. The monoisotopic (exact) mass is 422 g/mol. The molecule has 0 unspecified atom stereocenters. The molecule has 2 aromatic carbocycles. The van der Waals surface area contributed by atoms with Crippen LogP contribution in [0.1, 0.15) is 11.1 Å². The zero-order chi connectivity index (χ0) is 20.5. The molecule has 4 rings (SSSR count). The van der Waals surface area contributed by atoms with Gasteiger partial charge in [-0.05, 0) is 17.7 Å². The Balaban J connectivity index is 1.67. The zero-order valence-electron chi connectivity index (χ0n) is 15.6. The Morgan fingerprint density at radius 2 is 1.86 bits per heavy atom. The third-order valence-corrected chi connectivity index (χ3v) is 6.24. The first-order valence-electron chi connectivity index (χ1n) is 9.03. The molecular formula is C22H18N2O3S2. The number of hydrogen-bond donors (Lipinski definition) is 1. The largest absolute Gasteiger partial charge is 0.480 e. The molecule has 1 amide bonds. The Bertz CT molecular complexity index is 1150. The molecule has 1 aliphatic rings. The summed E-state index contributed by atoms with van der Waals surface area (Å²) in [6, 6.07) is 16.1. The Kier molecular flexibility index (Phi) is 5.25. The van der Waals surface area contributed by atoms with Crippen LogP contribution in [-0.4, -0.2) is 36.8 Å². The van der Waals surface area contributed by atoms with Crippen LogP contribution in [-0.2, 0) is 23.1 Å². The quantitative estimate of drug-likeness (QED) is 0.496. The second-order valence-corrected chi connectivity index (χ2v) is 8.48. The molecule has 7 heteroatoms. The number of carboxylic acid groups (broad SMARTS) is 1. The topological polar surface area (TPSA) is 62.5 Å². The van der Waals surface area contributed by atoms with Crippen molar-refractivity contribution in [3.63, 3.8) is 0 Å². The van der Waals surface area contributed by atoms with Crippen LogP contribution >= 0.6 is 24.0 Å². The number of hydrogen-bond acceptors (Lipinski definition) is 4. The zero-order valence-corrected chi connectivity index (χ0v) is 17.2. The number of benzene rings is 2. The lowest BCUT2D eigenvalue weighted by Gasteiger charge is -2.23. The minimum absolute atomic E-state index is 0.199. The van der Waals surface area contributed by atoms with Crippen molar-refractivity contribution >= 4 is 57.2 Å². The van der Waals surface area contributed by atoms with Crippen molar-refractivity contribution in [3.8, 4) is 0 Å². The normalized spacial score (nSPS) is 16.7. The van der Waals surface area contributed by atoms with E-state index in [-0.39, 0.29) is 16.6 Å². The molecule has 0 bridgehead atoms. The van der Waals surface area contributed by atoms with Crippen molar-refractivity contribution in [3.05, 3.63) is 76.8 Å². The van der Waals surface area contributed by atoms with Gasteiger partial charge in [-0.1, -0.05) is 72.5 Å². The van der Waals surface area contributed by atoms with Crippen LogP contribution in [0.15, 0.2) is 65.7 Å². The van der Waals surface area contributed by atoms with Crippen LogP contribution in [0.2, 0.25) is 0 Å². The van der Waals surface area contributed by atoms with Gasteiger partial charge in [-0.25, -0.2) is 4.79 Å². The van der Waals surface area contributed by atoms with E-state index in [0.29, 0.717) is 4.91 Å². The van der Waals surface area contributed by atoms with Crippen molar-refractivity contribution in [1.82, 2.24) is 9.47 Å². The molecule has 146 valence electrons. The number of aromatic nitrogens is 1. The number of carboxylic acids is 1. The first-order chi connectivity index (χ1) is 14.0. The minimum Gasteiger partial charge on any atom is -0.480 e. The number of amides is 1. The van der Waals surface area contributed by atoms with E-state index in [0.717, 1.165) is 33.8 Å². The third-order valence-electron chi connectivity index (χ3n) is 4.91. The van der Waals surface area contributed by atoms with Crippen molar-refractivity contribution < 1.29 is 14.7 Å². The van der Waals surface area contributed by atoms with E-state index in [1.165, 1.54) is 4.90 Å². The summed E-state index contributed by atoms with van der Waals surface area (Å²) in [5, 5.41) is 10.8. The first-order valence-corrected chi connectivity index (χ1v) is 10.3. The van der Waals surface area contributed by atoms with Crippen molar-refractivity contribution in [2.24, 2.45) is 7.05 Å². The number of carbonyl (C=O) groups is 2. The van der Waals surface area contributed by atoms with Gasteiger partial charge in [-0.3, -0.25) is 9.69 Å². The van der Waals surface area contributed by atoms with Crippen molar-refractivity contribution in [2.45, 2.75) is 12.5 Å². The Morgan fingerprint density at radius 3 is 2.59 bits per heavy atom. The molecule has 1 fully saturated rings. The molecule has 1 aromatic heterocycles. The van der Waals surface area contributed by atoms with Crippen molar-refractivity contribution in [1.29, 1.82) is 0 Å². The van der Waals surface area contributed by atoms with Gasteiger partial charge < -0.3 is 9.67 Å². The van der Waals surface area contributed by atoms with Crippen LogP contribution in [0.4, 0.5) is 0 Å². The molecule has 1 atom stereocenters. The van der Waals surface area contributed by atoms with Gasteiger partial charge in [0.2, 0.25) is 0 Å². The van der Waals surface area contributed by atoms with E-state index in [1.54, 1.807) is 6.08 Å². The van der Waals surface area contributed by atoms with E-state index in [9.17, 15) is 14.7 Å². The maximum Gasteiger partial charge on any atom is 0.327 e. The fourth-order valence-electron chi connectivity index (χ4n) is 3.50. The van der Waals surface area contributed by atoms with Crippen molar-refractivity contribution in [2.75, 3.05) is 0 Å². The molecule has 5 nitrogen and oxygen atoms in total. The van der Waals surface area contributed by atoms with Gasteiger partial charge >= 0.3 is 5.97 Å². The van der Waals surface area contributed by atoms with Crippen LogP contribution in [0.5, 0.6) is 0 Å². The summed E-state index contributed by atoms with van der Waals surface area (Å²) in [5.41, 5.74) is 2.80. The fraction of sp³-hybridized carbons (Fsp3) is 0.136. The molecule has 1 N–H and O–H groups in total. The number of carbonyl (C=O) groups excluding carboxylic acids is 1. The van der Waals surface area contributed by atoms with Gasteiger partial charge in [0.15, 0.2) is 0 Å². The minimum atomic E-state index is -1.07. The lowest BCUT2D eigenvalue weighted by molar-refractivity contribution is -0.145. The summed E-state index contributed by atoms with van der Waals surface area (Å²) in [6.45, 7) is 0. The molecule has 0 aliphatic carbocycles. The second kappa shape index (κ2) is 7.85. The average molecular weight is 423 g/mol. The standard InChI is InChI=1S/C22H18N2O3S2/c1-23-13-15(16-9-5-6-10-17(16)23)12-19-20(25)24(22(28)29-19)18(21(26)27)11-14-7-3-2-4-8-14/h2-10,12-13,18H,11H2,1H3,(H,26,27)/b19-12-/t18-/m0/s1. The highest BCUT2D eigenvalue weighted by Gasteiger charge is 2.40. The van der Waals surface area contributed by atoms with Crippen LogP contribution in [0.3, 0.4) is 0 Å². The second-order valence-electron chi connectivity index (χ2n) is 6.81. The first kappa shape index (κ1) is 19.4. The maximum absolute atomic E-state index is 13.1. The van der Waals surface area contributed by atoms with E-state index in [4.69, 9.17) is 12.2 Å². The maximum atomic E-state index is 13.1. The summed E-state index contributed by atoms with van der Waals surface area (Å²) in [5.74, 6) is -1.44. The number of aliphatic carboxylic acids is 1. The SMILES string of the molecule is Cn1cc(/C=C2\SC(=S)N([C@@H](Cc3ccccc3)C(=O)O)C2=O)c2ccccc21. The molecule has 2 heterocycles.